The molecule has 4 aromatic rings. The summed E-state index contributed by atoms with van der Waals surface area (Å²) in [6.45, 7) is 5.24. The van der Waals surface area contributed by atoms with Crippen LogP contribution in [0.1, 0.15) is 11.4 Å². The number of hydrogen-bond donors (Lipinski definition) is 1. The van der Waals surface area contributed by atoms with E-state index in [0.717, 1.165) is 46.5 Å². The smallest absolute Gasteiger partial charge is 0.247 e. The Balaban J connectivity index is 1.71. The Hall–Kier alpha value is -4.17. The van der Waals surface area contributed by atoms with Crippen LogP contribution in [0.4, 0.5) is 11.4 Å². The SMILES string of the molecule is C=CC(=O)Nc1cc(Cc2nccc(-c3cccc4c3ccn4C)n2)c(OC)cc1N(C)CCN(C)C. The van der Waals surface area contributed by atoms with E-state index in [1.165, 1.54) is 6.08 Å². The standard InChI is InChI=1S/C29H34N6O2/c1-7-29(36)32-24-17-20(27(37-6)19-26(24)35(5)16-15-33(2)3)18-28-30-13-11-23(31-28)21-9-8-10-25-22(21)12-14-34(25)4/h7-14,17,19H,1,15-16,18H2,2-6H3,(H,32,36). The van der Waals surface area contributed by atoms with Crippen molar-refractivity contribution in [2.75, 3.05) is 51.6 Å². The first-order chi connectivity index (χ1) is 17.8. The van der Waals surface area contributed by atoms with Gasteiger partial charge in [-0.2, -0.15) is 0 Å². The molecule has 0 radical (unpaired) electrons. The third-order valence-corrected chi connectivity index (χ3v) is 6.39. The van der Waals surface area contributed by atoms with Gasteiger partial charge < -0.3 is 24.4 Å². The lowest BCUT2D eigenvalue weighted by molar-refractivity contribution is -0.111. The maximum Gasteiger partial charge on any atom is 0.247 e. The minimum absolute atomic E-state index is 0.271. The molecule has 0 saturated carbocycles. The highest BCUT2D eigenvalue weighted by molar-refractivity contribution is 6.01. The van der Waals surface area contributed by atoms with Gasteiger partial charge in [-0.05, 0) is 44.4 Å². The number of carbonyl (C=O) groups is 1. The Morgan fingerprint density at radius 1 is 1.16 bits per heavy atom. The third kappa shape index (κ3) is 5.81. The predicted octanol–water partition coefficient (Wildman–Crippen LogP) is 4.36. The number of likely N-dealkylation sites (N-methyl/N-ethyl adjacent to an activating group) is 2. The average molecular weight is 499 g/mol. The Kier molecular flexibility index (Phi) is 7.89. The van der Waals surface area contributed by atoms with Crippen molar-refractivity contribution in [1.82, 2.24) is 19.4 Å². The van der Waals surface area contributed by atoms with Crippen molar-refractivity contribution in [2.45, 2.75) is 6.42 Å². The number of fused-ring (bicyclic) bond motifs is 1. The lowest BCUT2D eigenvalue weighted by Gasteiger charge is -2.25. The minimum Gasteiger partial charge on any atom is -0.496 e. The van der Waals surface area contributed by atoms with Gasteiger partial charge in [0, 0.05) is 74.1 Å². The van der Waals surface area contributed by atoms with Crippen LogP contribution in [0.5, 0.6) is 5.75 Å². The van der Waals surface area contributed by atoms with Crippen LogP contribution in [-0.2, 0) is 18.3 Å². The van der Waals surface area contributed by atoms with Crippen molar-refractivity contribution < 1.29 is 9.53 Å². The Morgan fingerprint density at radius 2 is 1.97 bits per heavy atom. The van der Waals surface area contributed by atoms with Gasteiger partial charge in [0.05, 0.1) is 24.2 Å². The van der Waals surface area contributed by atoms with Gasteiger partial charge in [-0.1, -0.05) is 18.7 Å². The van der Waals surface area contributed by atoms with E-state index in [0.29, 0.717) is 23.7 Å². The van der Waals surface area contributed by atoms with Crippen LogP contribution in [0, 0.1) is 0 Å². The molecular formula is C29H34N6O2. The molecule has 2 aromatic carbocycles. The van der Waals surface area contributed by atoms with Crippen LogP contribution < -0.4 is 15.0 Å². The maximum atomic E-state index is 12.2. The fourth-order valence-corrected chi connectivity index (χ4v) is 4.34. The van der Waals surface area contributed by atoms with Gasteiger partial charge in [0.25, 0.3) is 0 Å². The van der Waals surface area contributed by atoms with Crippen LogP contribution in [0.25, 0.3) is 22.2 Å². The van der Waals surface area contributed by atoms with Crippen molar-refractivity contribution in [3.8, 4) is 17.0 Å². The van der Waals surface area contributed by atoms with E-state index in [4.69, 9.17) is 9.72 Å². The first kappa shape index (κ1) is 25.9. The number of rotatable bonds is 10. The molecule has 192 valence electrons. The van der Waals surface area contributed by atoms with Gasteiger partial charge in [-0.25, -0.2) is 9.97 Å². The van der Waals surface area contributed by atoms with Gasteiger partial charge >= 0.3 is 0 Å². The number of aryl methyl sites for hydroxylation is 1. The molecule has 0 aliphatic carbocycles. The molecule has 0 unspecified atom stereocenters. The number of nitrogens with zero attached hydrogens (tertiary/aromatic N) is 5. The van der Waals surface area contributed by atoms with Crippen LogP contribution in [0.2, 0.25) is 0 Å². The van der Waals surface area contributed by atoms with E-state index >= 15 is 0 Å². The number of methoxy groups -OCH3 is 1. The van der Waals surface area contributed by atoms with Crippen molar-refractivity contribution >= 4 is 28.2 Å². The molecule has 1 N–H and O–H groups in total. The van der Waals surface area contributed by atoms with Crippen LogP contribution in [-0.4, -0.2) is 66.7 Å². The second-order valence-electron chi connectivity index (χ2n) is 9.30. The molecule has 8 heteroatoms. The molecule has 2 aromatic heterocycles. The number of aromatic nitrogens is 3. The predicted molar refractivity (Wildman–Crippen MR) is 150 cm³/mol. The first-order valence-electron chi connectivity index (χ1n) is 12.2. The van der Waals surface area contributed by atoms with Crippen LogP contribution >= 0.6 is 0 Å². The van der Waals surface area contributed by atoms with Crippen molar-refractivity contribution in [2.24, 2.45) is 7.05 Å². The second kappa shape index (κ2) is 11.3. The second-order valence-corrected chi connectivity index (χ2v) is 9.30. The number of hydrogen-bond acceptors (Lipinski definition) is 6. The van der Waals surface area contributed by atoms with Gasteiger partial charge in [-0.15, -0.1) is 0 Å². The average Bonchev–Trinajstić information content (AvgIpc) is 3.28. The summed E-state index contributed by atoms with van der Waals surface area (Å²) in [7, 11) is 9.75. The summed E-state index contributed by atoms with van der Waals surface area (Å²) in [5.74, 6) is 1.11. The molecule has 0 fully saturated rings. The molecule has 0 bridgehead atoms. The zero-order valence-corrected chi connectivity index (χ0v) is 22.2. The summed E-state index contributed by atoms with van der Waals surface area (Å²) in [5, 5.41) is 4.10. The Bertz CT molecular complexity index is 1430. The first-order valence-corrected chi connectivity index (χ1v) is 12.2. The van der Waals surface area contributed by atoms with Gasteiger partial charge in [-0.3, -0.25) is 4.79 Å². The molecule has 0 saturated heterocycles. The highest BCUT2D eigenvalue weighted by atomic mass is 16.5. The lowest BCUT2D eigenvalue weighted by Crippen LogP contribution is -2.29. The van der Waals surface area contributed by atoms with E-state index in [1.54, 1.807) is 13.3 Å². The van der Waals surface area contributed by atoms with Crippen LogP contribution in [0.3, 0.4) is 0 Å². The van der Waals surface area contributed by atoms with E-state index in [9.17, 15) is 4.79 Å². The highest BCUT2D eigenvalue weighted by Crippen LogP contribution is 2.35. The van der Waals surface area contributed by atoms with E-state index < -0.39 is 0 Å². The van der Waals surface area contributed by atoms with Crippen LogP contribution in [0.15, 0.2) is 67.5 Å². The highest BCUT2D eigenvalue weighted by Gasteiger charge is 2.17. The molecule has 0 spiro atoms. The molecule has 37 heavy (non-hydrogen) atoms. The van der Waals surface area contributed by atoms with Crippen molar-refractivity contribution in [1.29, 1.82) is 0 Å². The van der Waals surface area contributed by atoms with Crippen molar-refractivity contribution in [3.63, 3.8) is 0 Å². The summed E-state index contributed by atoms with van der Waals surface area (Å²) >= 11 is 0. The number of anilines is 2. The zero-order valence-electron chi connectivity index (χ0n) is 22.2. The van der Waals surface area contributed by atoms with Gasteiger partial charge in [0.2, 0.25) is 5.91 Å². The van der Waals surface area contributed by atoms with Gasteiger partial charge in [0.1, 0.15) is 11.6 Å². The largest absolute Gasteiger partial charge is 0.496 e. The van der Waals surface area contributed by atoms with Crippen molar-refractivity contribution in [3.05, 3.63) is 78.9 Å². The lowest BCUT2D eigenvalue weighted by atomic mass is 10.1. The summed E-state index contributed by atoms with van der Waals surface area (Å²) < 4.78 is 7.87. The molecule has 1 amide bonds. The molecule has 0 aliphatic rings. The normalized spacial score (nSPS) is 11.1. The summed E-state index contributed by atoms with van der Waals surface area (Å²) in [5.41, 5.74) is 5.50. The third-order valence-electron chi connectivity index (χ3n) is 6.39. The fraction of sp³-hybridized carbons (Fsp3) is 0.276. The number of ether oxygens (including phenoxy) is 1. The number of benzene rings is 2. The molecule has 2 heterocycles. The minimum atomic E-state index is -0.271. The number of nitrogens with one attached hydrogen (secondary N) is 1. The zero-order chi connectivity index (χ0) is 26.5. The monoisotopic (exact) mass is 498 g/mol. The molecule has 0 atom stereocenters. The summed E-state index contributed by atoms with van der Waals surface area (Å²) in [6.07, 6.45) is 5.55. The Labute approximate surface area is 218 Å². The maximum absolute atomic E-state index is 12.2. The summed E-state index contributed by atoms with van der Waals surface area (Å²) in [6, 6.07) is 14.2. The molecular weight excluding hydrogens is 464 g/mol. The number of amides is 1. The molecule has 4 rings (SSSR count). The Morgan fingerprint density at radius 3 is 2.70 bits per heavy atom. The molecule has 8 nitrogen and oxygen atoms in total. The van der Waals surface area contributed by atoms with E-state index in [1.807, 2.05) is 52.5 Å². The number of carbonyl (C=O) groups excluding carboxylic acids is 1. The quantitative estimate of drug-likeness (QED) is 0.328. The fourth-order valence-electron chi connectivity index (χ4n) is 4.34. The topological polar surface area (TPSA) is 75.5 Å². The van der Waals surface area contributed by atoms with Gasteiger partial charge in [0.15, 0.2) is 0 Å². The van der Waals surface area contributed by atoms with E-state index in [2.05, 4.69) is 55.6 Å². The van der Waals surface area contributed by atoms with E-state index in [-0.39, 0.29) is 5.91 Å². The molecule has 0 aliphatic heterocycles. The summed E-state index contributed by atoms with van der Waals surface area (Å²) in [4.78, 5) is 25.9.